The number of carboxylic acid groups (broad SMARTS) is 1. The van der Waals surface area contributed by atoms with Gasteiger partial charge in [-0.05, 0) is 79.3 Å². The van der Waals surface area contributed by atoms with Crippen molar-refractivity contribution in [3.8, 4) is 11.5 Å². The monoisotopic (exact) mass is 658 g/mol. The number of carbonyl (C=O) groups excluding carboxylic acids is 3. The molecular formula is C35H42N6O7. The second-order valence-corrected chi connectivity index (χ2v) is 11.7. The molecule has 4 rings (SSSR count). The maximum absolute atomic E-state index is 13.9. The molecule has 0 radical (unpaired) electrons. The molecule has 1 aromatic heterocycles. The summed E-state index contributed by atoms with van der Waals surface area (Å²) in [6.45, 7) is 0.360. The Morgan fingerprint density at radius 2 is 1.25 bits per heavy atom. The van der Waals surface area contributed by atoms with Gasteiger partial charge < -0.3 is 47.7 Å². The lowest BCUT2D eigenvalue weighted by Crippen LogP contribution is -2.58. The van der Waals surface area contributed by atoms with Crippen LogP contribution < -0.4 is 27.4 Å². The Morgan fingerprint density at radius 1 is 0.688 bits per heavy atom. The van der Waals surface area contributed by atoms with Crippen LogP contribution in [0.3, 0.4) is 0 Å². The Morgan fingerprint density at radius 3 is 1.88 bits per heavy atom. The highest BCUT2D eigenvalue weighted by molar-refractivity contribution is 5.95. The van der Waals surface area contributed by atoms with E-state index in [1.54, 1.807) is 30.5 Å². The summed E-state index contributed by atoms with van der Waals surface area (Å²) in [4.78, 5) is 56.0. The van der Waals surface area contributed by atoms with Crippen molar-refractivity contribution in [3.05, 3.63) is 95.7 Å². The molecule has 0 fully saturated rings. The molecule has 254 valence electrons. The van der Waals surface area contributed by atoms with E-state index < -0.39 is 47.9 Å². The fourth-order valence-electron chi connectivity index (χ4n) is 5.36. The number of carboxylic acids is 1. The summed E-state index contributed by atoms with van der Waals surface area (Å²) in [6.07, 6.45) is 3.13. The minimum atomic E-state index is -1.31. The number of phenols is 2. The molecule has 0 saturated carbocycles. The van der Waals surface area contributed by atoms with Crippen LogP contribution in [0.1, 0.15) is 36.0 Å². The maximum Gasteiger partial charge on any atom is 0.326 e. The number of aliphatic carboxylic acids is 1. The van der Waals surface area contributed by atoms with Crippen LogP contribution in [0, 0.1) is 0 Å². The first-order valence-electron chi connectivity index (χ1n) is 15.7. The highest BCUT2D eigenvalue weighted by Gasteiger charge is 2.31. The zero-order valence-corrected chi connectivity index (χ0v) is 26.4. The molecule has 0 aliphatic carbocycles. The number of fused-ring (bicyclic) bond motifs is 1. The van der Waals surface area contributed by atoms with Crippen LogP contribution in [0.5, 0.6) is 11.5 Å². The number of benzene rings is 3. The van der Waals surface area contributed by atoms with Gasteiger partial charge in [0.25, 0.3) is 0 Å². The summed E-state index contributed by atoms with van der Waals surface area (Å²) in [5.74, 6) is -3.11. The molecule has 0 aliphatic heterocycles. The average Bonchev–Trinajstić information content (AvgIpc) is 3.48. The van der Waals surface area contributed by atoms with E-state index in [2.05, 4.69) is 20.9 Å². The van der Waals surface area contributed by atoms with E-state index in [1.807, 2.05) is 24.3 Å². The minimum Gasteiger partial charge on any atom is -0.508 e. The topological polar surface area (TPSA) is 233 Å². The molecule has 11 N–H and O–H groups in total. The number of nitrogens with one attached hydrogen (secondary N) is 4. The van der Waals surface area contributed by atoms with Gasteiger partial charge in [0.2, 0.25) is 17.7 Å². The maximum atomic E-state index is 13.9. The van der Waals surface area contributed by atoms with Gasteiger partial charge in [-0.1, -0.05) is 42.5 Å². The third-order valence-electron chi connectivity index (χ3n) is 8.03. The molecular weight excluding hydrogens is 616 g/mol. The van der Waals surface area contributed by atoms with E-state index >= 15 is 0 Å². The van der Waals surface area contributed by atoms with Gasteiger partial charge in [-0.3, -0.25) is 14.4 Å². The largest absolute Gasteiger partial charge is 0.508 e. The molecule has 13 heteroatoms. The van der Waals surface area contributed by atoms with Crippen LogP contribution in [0.25, 0.3) is 10.9 Å². The number of para-hydroxylation sites is 1. The van der Waals surface area contributed by atoms with Gasteiger partial charge in [0.05, 0.1) is 6.04 Å². The predicted molar refractivity (Wildman–Crippen MR) is 180 cm³/mol. The van der Waals surface area contributed by atoms with E-state index in [9.17, 15) is 34.5 Å². The Bertz CT molecular complexity index is 1690. The number of carbonyl (C=O) groups is 4. The third kappa shape index (κ3) is 10.0. The van der Waals surface area contributed by atoms with E-state index in [4.69, 9.17) is 11.5 Å². The number of hydrogen-bond donors (Lipinski definition) is 9. The second kappa shape index (κ2) is 17.0. The summed E-state index contributed by atoms with van der Waals surface area (Å²) in [7, 11) is 0. The molecule has 48 heavy (non-hydrogen) atoms. The summed E-state index contributed by atoms with van der Waals surface area (Å²) in [5.41, 5.74) is 14.8. The van der Waals surface area contributed by atoms with Crippen LogP contribution in [0.4, 0.5) is 0 Å². The van der Waals surface area contributed by atoms with Gasteiger partial charge in [0, 0.05) is 29.9 Å². The first kappa shape index (κ1) is 35.5. The zero-order chi connectivity index (χ0) is 34.6. The smallest absolute Gasteiger partial charge is 0.326 e. The average molecular weight is 659 g/mol. The van der Waals surface area contributed by atoms with Gasteiger partial charge in [0.15, 0.2) is 0 Å². The molecule has 0 aliphatic rings. The molecule has 1 heterocycles. The number of amides is 3. The normalized spacial score (nSPS) is 13.6. The lowest BCUT2D eigenvalue weighted by Gasteiger charge is -2.25. The summed E-state index contributed by atoms with van der Waals surface area (Å²) < 4.78 is 0. The lowest BCUT2D eigenvalue weighted by atomic mass is 10.0. The van der Waals surface area contributed by atoms with Crippen molar-refractivity contribution in [2.75, 3.05) is 6.54 Å². The first-order valence-corrected chi connectivity index (χ1v) is 15.7. The quantitative estimate of drug-likeness (QED) is 0.0749. The molecule has 0 spiro atoms. The van der Waals surface area contributed by atoms with E-state index in [0.717, 1.165) is 16.5 Å². The lowest BCUT2D eigenvalue weighted by molar-refractivity contribution is -0.142. The molecule has 0 bridgehead atoms. The van der Waals surface area contributed by atoms with Gasteiger partial charge in [-0.25, -0.2) is 4.79 Å². The van der Waals surface area contributed by atoms with E-state index in [0.29, 0.717) is 30.5 Å². The standard InChI is InChI=1S/C35H42N6O7/c36-16-4-3-7-29(33(45)41-31(35(47)48)18-22-10-14-25(43)15-11-22)39-34(46)30(19-23-20-38-28-6-2-1-5-26(23)28)40-32(44)27(37)17-21-8-12-24(42)13-9-21/h1-2,5-6,8-15,20,27,29-31,38,42-43H,3-4,7,16-19,36-37H2,(H,39,46)(H,40,44)(H,41,45)(H,47,48). The first-order chi connectivity index (χ1) is 23.0. The number of unbranched alkanes of at least 4 members (excludes halogenated alkanes) is 1. The number of rotatable bonds is 17. The fourth-order valence-corrected chi connectivity index (χ4v) is 5.36. The number of aromatic hydroxyl groups is 2. The predicted octanol–water partition coefficient (Wildman–Crippen LogP) is 1.60. The van der Waals surface area contributed by atoms with Crippen LogP contribution in [0.15, 0.2) is 79.0 Å². The number of phenolic OH excluding ortho intramolecular Hbond substituents is 2. The molecule has 3 amide bonds. The van der Waals surface area contributed by atoms with Crippen molar-refractivity contribution >= 4 is 34.6 Å². The van der Waals surface area contributed by atoms with Gasteiger partial charge in [-0.2, -0.15) is 0 Å². The highest BCUT2D eigenvalue weighted by Crippen LogP contribution is 2.20. The van der Waals surface area contributed by atoms with Crippen LogP contribution in [0.2, 0.25) is 0 Å². The number of hydrogen-bond acceptors (Lipinski definition) is 8. The summed E-state index contributed by atoms with van der Waals surface area (Å²) in [5, 5.41) is 37.9. The van der Waals surface area contributed by atoms with E-state index in [1.165, 1.54) is 24.3 Å². The molecule has 0 saturated heterocycles. The summed E-state index contributed by atoms with van der Waals surface area (Å²) in [6, 6.07) is 15.1. The van der Waals surface area contributed by atoms with Crippen molar-refractivity contribution in [2.45, 2.75) is 62.7 Å². The van der Waals surface area contributed by atoms with Crippen molar-refractivity contribution in [1.82, 2.24) is 20.9 Å². The Labute approximate surface area is 277 Å². The zero-order valence-electron chi connectivity index (χ0n) is 26.4. The number of aromatic amines is 1. The number of aromatic nitrogens is 1. The SMILES string of the molecule is NCCCCC(NC(=O)C(Cc1c[nH]c2ccccc12)NC(=O)C(N)Cc1ccc(O)cc1)C(=O)NC(Cc1ccc(O)cc1)C(=O)O. The van der Waals surface area contributed by atoms with Gasteiger partial charge in [-0.15, -0.1) is 0 Å². The van der Waals surface area contributed by atoms with Crippen molar-refractivity contribution < 1.29 is 34.5 Å². The molecule has 13 nitrogen and oxygen atoms in total. The van der Waals surface area contributed by atoms with E-state index in [-0.39, 0.29) is 37.2 Å². The molecule has 4 aromatic rings. The van der Waals surface area contributed by atoms with Crippen LogP contribution in [-0.4, -0.2) is 74.7 Å². The Hall–Kier alpha value is -5.40. The molecule has 4 atom stereocenters. The Kier molecular flexibility index (Phi) is 12.5. The Balaban J connectivity index is 1.53. The van der Waals surface area contributed by atoms with Crippen molar-refractivity contribution in [1.29, 1.82) is 0 Å². The van der Waals surface area contributed by atoms with Crippen LogP contribution in [-0.2, 0) is 38.4 Å². The second-order valence-electron chi connectivity index (χ2n) is 11.7. The third-order valence-corrected chi connectivity index (χ3v) is 8.03. The van der Waals surface area contributed by atoms with Gasteiger partial charge >= 0.3 is 5.97 Å². The number of H-pyrrole nitrogens is 1. The van der Waals surface area contributed by atoms with Crippen LogP contribution >= 0.6 is 0 Å². The van der Waals surface area contributed by atoms with Gasteiger partial charge in [0.1, 0.15) is 29.6 Å². The molecule has 3 aromatic carbocycles. The summed E-state index contributed by atoms with van der Waals surface area (Å²) >= 11 is 0. The van der Waals surface area contributed by atoms with Crippen molar-refractivity contribution in [3.63, 3.8) is 0 Å². The van der Waals surface area contributed by atoms with Crippen molar-refractivity contribution in [2.24, 2.45) is 11.5 Å². The molecule has 4 unspecified atom stereocenters. The number of nitrogens with two attached hydrogens (primary N) is 2. The minimum absolute atomic E-state index is 0.0212. The highest BCUT2D eigenvalue weighted by atomic mass is 16.4. The fraction of sp³-hybridized carbons (Fsp3) is 0.314.